The van der Waals surface area contributed by atoms with Gasteiger partial charge in [0.25, 0.3) is 0 Å². The summed E-state index contributed by atoms with van der Waals surface area (Å²) in [6.45, 7) is 8.24. The summed E-state index contributed by atoms with van der Waals surface area (Å²) in [7, 11) is 1.78. The van der Waals surface area contributed by atoms with Crippen LogP contribution >= 0.6 is 0 Å². The molecule has 1 heterocycles. The Morgan fingerprint density at radius 3 is 2.63 bits per heavy atom. The molecular weight excluding hydrogens is 480 g/mol. The van der Waals surface area contributed by atoms with Crippen molar-refractivity contribution in [2.75, 3.05) is 57.8 Å². The molecule has 0 atom stereocenters. The van der Waals surface area contributed by atoms with Crippen molar-refractivity contribution in [3.8, 4) is 16.9 Å². The molecule has 3 rings (SSSR count). The van der Waals surface area contributed by atoms with Crippen molar-refractivity contribution in [1.29, 1.82) is 0 Å². The Kier molecular flexibility index (Phi) is 12.4. The maximum Gasteiger partial charge on any atom is 0.321 e. The number of carbonyl (C=O) groups is 2. The minimum absolute atomic E-state index is 0.0769. The minimum Gasteiger partial charge on any atom is -0.492 e. The van der Waals surface area contributed by atoms with E-state index in [9.17, 15) is 9.59 Å². The van der Waals surface area contributed by atoms with Gasteiger partial charge in [-0.2, -0.15) is 0 Å². The number of piperazine rings is 1. The van der Waals surface area contributed by atoms with Crippen molar-refractivity contribution in [2.24, 2.45) is 0 Å². The molecule has 0 bridgehead atoms. The molecule has 0 spiro atoms. The number of carboxylic acid groups (broad SMARTS) is 1. The third-order valence-electron chi connectivity index (χ3n) is 6.95. The number of urea groups is 1. The van der Waals surface area contributed by atoms with Crippen LogP contribution in [0.4, 0.5) is 10.5 Å². The number of hydrogen-bond acceptors (Lipinski definition) is 5. The number of carboxylic acids is 1. The molecule has 208 valence electrons. The van der Waals surface area contributed by atoms with E-state index >= 15 is 0 Å². The number of nitrogens with zero attached hydrogens (tertiary/aromatic N) is 2. The summed E-state index contributed by atoms with van der Waals surface area (Å²) < 4.78 is 6.28. The zero-order valence-corrected chi connectivity index (χ0v) is 23.0. The average molecular weight is 525 g/mol. The molecule has 8 heteroatoms. The van der Waals surface area contributed by atoms with Crippen LogP contribution in [0.25, 0.3) is 11.1 Å². The normalized spacial score (nSPS) is 13.7. The van der Waals surface area contributed by atoms with Gasteiger partial charge >= 0.3 is 12.0 Å². The second kappa shape index (κ2) is 16.0. The molecule has 2 amide bonds. The van der Waals surface area contributed by atoms with E-state index in [0.717, 1.165) is 73.7 Å². The first-order valence-corrected chi connectivity index (χ1v) is 14.0. The van der Waals surface area contributed by atoms with Crippen LogP contribution in [0.15, 0.2) is 42.5 Å². The molecule has 0 aliphatic carbocycles. The van der Waals surface area contributed by atoms with Crippen LogP contribution < -0.4 is 20.3 Å². The van der Waals surface area contributed by atoms with Crippen LogP contribution in [0, 0.1) is 0 Å². The molecule has 1 aliphatic rings. The highest BCUT2D eigenvalue weighted by atomic mass is 16.5. The third kappa shape index (κ3) is 9.65. The molecule has 0 aromatic heterocycles. The standard InChI is InChI=1S/C30H44N4O4/c1-3-4-5-6-7-15-32-30(37)33(2)26-10-8-9-25(23-26)27-13-11-24(12-14-29(35)36)22-28(27)38-21-20-34-18-16-31-17-19-34/h8-11,13,22-23,31H,3-7,12,14-21H2,1-2H3,(H,32,37)(H,35,36). The number of hydrogen-bond donors (Lipinski definition) is 3. The molecule has 0 unspecified atom stereocenters. The lowest BCUT2D eigenvalue weighted by Crippen LogP contribution is -2.44. The van der Waals surface area contributed by atoms with Gasteiger partial charge in [0.15, 0.2) is 0 Å². The molecule has 38 heavy (non-hydrogen) atoms. The number of rotatable bonds is 15. The number of anilines is 1. The van der Waals surface area contributed by atoms with E-state index in [-0.39, 0.29) is 12.5 Å². The fourth-order valence-electron chi connectivity index (χ4n) is 4.59. The molecule has 1 fully saturated rings. The molecule has 2 aromatic rings. The van der Waals surface area contributed by atoms with Crippen LogP contribution in [-0.4, -0.2) is 74.9 Å². The van der Waals surface area contributed by atoms with Crippen molar-refractivity contribution in [1.82, 2.24) is 15.5 Å². The third-order valence-corrected chi connectivity index (χ3v) is 6.95. The van der Waals surface area contributed by atoms with Crippen LogP contribution in [0.1, 0.15) is 51.0 Å². The quantitative estimate of drug-likeness (QED) is 0.291. The summed E-state index contributed by atoms with van der Waals surface area (Å²) in [5, 5.41) is 15.5. The van der Waals surface area contributed by atoms with Crippen molar-refractivity contribution >= 4 is 17.7 Å². The summed E-state index contributed by atoms with van der Waals surface area (Å²) in [6.07, 6.45) is 6.30. The van der Waals surface area contributed by atoms with Gasteiger partial charge < -0.3 is 20.5 Å². The lowest BCUT2D eigenvalue weighted by Gasteiger charge is -2.27. The van der Waals surface area contributed by atoms with Crippen LogP contribution in [0.2, 0.25) is 0 Å². The van der Waals surface area contributed by atoms with E-state index in [4.69, 9.17) is 9.84 Å². The Morgan fingerprint density at radius 1 is 1.08 bits per heavy atom. The number of nitrogens with one attached hydrogen (secondary N) is 2. The van der Waals surface area contributed by atoms with Crippen molar-refractivity contribution in [3.63, 3.8) is 0 Å². The number of carbonyl (C=O) groups excluding carboxylic acids is 1. The second-order valence-corrected chi connectivity index (χ2v) is 9.92. The first-order valence-electron chi connectivity index (χ1n) is 14.0. The maximum absolute atomic E-state index is 12.7. The predicted molar refractivity (Wildman–Crippen MR) is 153 cm³/mol. The van der Waals surface area contributed by atoms with E-state index < -0.39 is 5.97 Å². The summed E-state index contributed by atoms with van der Waals surface area (Å²) in [5.74, 6) is -0.0791. The van der Waals surface area contributed by atoms with E-state index in [1.54, 1.807) is 11.9 Å². The van der Waals surface area contributed by atoms with Gasteiger partial charge in [0, 0.05) is 64.0 Å². The Labute approximate surface area is 227 Å². The van der Waals surface area contributed by atoms with Gasteiger partial charge in [0.1, 0.15) is 12.4 Å². The average Bonchev–Trinajstić information content (AvgIpc) is 2.94. The first-order chi connectivity index (χ1) is 18.5. The monoisotopic (exact) mass is 524 g/mol. The molecule has 1 saturated heterocycles. The van der Waals surface area contributed by atoms with Gasteiger partial charge in [0.2, 0.25) is 0 Å². The van der Waals surface area contributed by atoms with E-state index in [1.165, 1.54) is 19.3 Å². The number of benzene rings is 2. The minimum atomic E-state index is -0.815. The number of amides is 2. The number of aryl methyl sites for hydroxylation is 1. The zero-order chi connectivity index (χ0) is 27.2. The number of ether oxygens (including phenoxy) is 1. The Morgan fingerprint density at radius 2 is 1.87 bits per heavy atom. The molecule has 0 radical (unpaired) electrons. The zero-order valence-electron chi connectivity index (χ0n) is 23.0. The fourth-order valence-corrected chi connectivity index (χ4v) is 4.59. The van der Waals surface area contributed by atoms with E-state index in [2.05, 4.69) is 22.5 Å². The van der Waals surface area contributed by atoms with Gasteiger partial charge in [-0.05, 0) is 42.2 Å². The van der Waals surface area contributed by atoms with Gasteiger partial charge in [-0.3, -0.25) is 14.6 Å². The lowest BCUT2D eigenvalue weighted by molar-refractivity contribution is -0.136. The summed E-state index contributed by atoms with van der Waals surface area (Å²) >= 11 is 0. The van der Waals surface area contributed by atoms with Crippen molar-refractivity contribution in [3.05, 3.63) is 48.0 Å². The number of unbranched alkanes of at least 4 members (excludes halogenated alkanes) is 4. The Hall–Kier alpha value is -3.10. The Bertz CT molecular complexity index is 1020. The topological polar surface area (TPSA) is 94.1 Å². The largest absolute Gasteiger partial charge is 0.492 e. The molecular formula is C30H44N4O4. The molecule has 1 aliphatic heterocycles. The van der Waals surface area contributed by atoms with E-state index in [0.29, 0.717) is 19.6 Å². The van der Waals surface area contributed by atoms with Gasteiger partial charge in [-0.25, -0.2) is 4.79 Å². The predicted octanol–water partition coefficient (Wildman–Crippen LogP) is 4.77. The fraction of sp³-hybridized carbons (Fsp3) is 0.533. The maximum atomic E-state index is 12.7. The van der Waals surface area contributed by atoms with E-state index in [1.807, 2.05) is 42.5 Å². The molecule has 2 aromatic carbocycles. The Balaban J connectivity index is 1.70. The molecule has 0 saturated carbocycles. The van der Waals surface area contributed by atoms with Crippen LogP contribution in [-0.2, 0) is 11.2 Å². The summed E-state index contributed by atoms with van der Waals surface area (Å²) in [6, 6.07) is 13.7. The smallest absolute Gasteiger partial charge is 0.321 e. The van der Waals surface area contributed by atoms with Gasteiger partial charge in [-0.1, -0.05) is 56.9 Å². The highest BCUT2D eigenvalue weighted by Crippen LogP contribution is 2.33. The molecule has 8 nitrogen and oxygen atoms in total. The first kappa shape index (κ1) is 29.5. The van der Waals surface area contributed by atoms with Gasteiger partial charge in [-0.15, -0.1) is 0 Å². The molecule has 3 N–H and O–H groups in total. The second-order valence-electron chi connectivity index (χ2n) is 9.92. The SMILES string of the molecule is CCCCCCCNC(=O)N(C)c1cccc(-c2ccc(CCC(=O)O)cc2OCCN2CCNCC2)c1. The highest BCUT2D eigenvalue weighted by Gasteiger charge is 2.15. The summed E-state index contributed by atoms with van der Waals surface area (Å²) in [4.78, 5) is 27.9. The van der Waals surface area contributed by atoms with Crippen LogP contribution in [0.5, 0.6) is 5.75 Å². The highest BCUT2D eigenvalue weighted by molar-refractivity contribution is 5.92. The van der Waals surface area contributed by atoms with Crippen LogP contribution in [0.3, 0.4) is 0 Å². The van der Waals surface area contributed by atoms with Crippen molar-refractivity contribution in [2.45, 2.75) is 51.9 Å². The summed E-state index contributed by atoms with van der Waals surface area (Å²) in [5.41, 5.74) is 3.60. The lowest BCUT2D eigenvalue weighted by atomic mass is 10.00. The number of aliphatic carboxylic acids is 1. The van der Waals surface area contributed by atoms with Crippen molar-refractivity contribution < 1.29 is 19.4 Å². The van der Waals surface area contributed by atoms with Gasteiger partial charge in [0.05, 0.1) is 0 Å².